The molecule has 1 aromatic rings. The van der Waals surface area contributed by atoms with Crippen LogP contribution < -0.4 is 0 Å². The van der Waals surface area contributed by atoms with E-state index in [1.165, 1.54) is 11.3 Å². The number of carbonyl (C=O) groups is 1. The normalized spacial score (nSPS) is 22.1. The Hall–Kier alpha value is -0.0500. The molecule has 0 amide bonds. The SMILES string of the molecule is CC1(C)C(C(=O)c2cc(Cl)sc2Cl)C1(C)C. The van der Waals surface area contributed by atoms with Crippen LogP contribution in [0.25, 0.3) is 0 Å². The first-order chi connectivity index (χ1) is 7.19. The third-order valence-corrected chi connectivity index (χ3v) is 5.69. The minimum Gasteiger partial charge on any atom is -0.294 e. The molecule has 0 radical (unpaired) electrons. The predicted octanol–water partition coefficient (Wildman–Crippen LogP) is 4.92. The second kappa shape index (κ2) is 3.47. The minimum absolute atomic E-state index is 0.0435. The van der Waals surface area contributed by atoms with E-state index in [0.717, 1.165) is 0 Å². The maximum absolute atomic E-state index is 12.3. The van der Waals surface area contributed by atoms with Crippen LogP contribution in [0.15, 0.2) is 6.07 Å². The van der Waals surface area contributed by atoms with E-state index in [-0.39, 0.29) is 22.5 Å². The molecule has 0 aliphatic heterocycles. The molecule has 0 saturated heterocycles. The number of halogens is 2. The second-order valence-corrected chi connectivity index (χ2v) is 7.76. The highest BCUT2D eigenvalue weighted by Crippen LogP contribution is 2.69. The van der Waals surface area contributed by atoms with Gasteiger partial charge in [0.1, 0.15) is 4.34 Å². The van der Waals surface area contributed by atoms with E-state index >= 15 is 0 Å². The number of carbonyl (C=O) groups excluding carboxylic acids is 1. The molecule has 1 nitrogen and oxygen atoms in total. The lowest BCUT2D eigenvalue weighted by atomic mass is 10.0. The van der Waals surface area contributed by atoms with Gasteiger partial charge >= 0.3 is 0 Å². The van der Waals surface area contributed by atoms with Gasteiger partial charge in [0.2, 0.25) is 0 Å². The Balaban J connectivity index is 2.33. The first-order valence-electron chi connectivity index (χ1n) is 5.18. The first-order valence-corrected chi connectivity index (χ1v) is 6.76. The zero-order valence-electron chi connectivity index (χ0n) is 9.73. The highest BCUT2D eigenvalue weighted by Gasteiger charge is 2.68. The topological polar surface area (TPSA) is 17.1 Å². The van der Waals surface area contributed by atoms with Crippen molar-refractivity contribution in [2.45, 2.75) is 27.7 Å². The molecule has 1 aliphatic rings. The summed E-state index contributed by atoms with van der Waals surface area (Å²) in [5.74, 6) is 0.173. The van der Waals surface area contributed by atoms with Gasteiger partial charge in [-0.15, -0.1) is 11.3 Å². The number of rotatable bonds is 2. The van der Waals surface area contributed by atoms with E-state index < -0.39 is 0 Å². The van der Waals surface area contributed by atoms with Crippen molar-refractivity contribution in [3.05, 3.63) is 20.3 Å². The summed E-state index contributed by atoms with van der Waals surface area (Å²) < 4.78 is 1.08. The van der Waals surface area contributed by atoms with E-state index in [9.17, 15) is 4.79 Å². The van der Waals surface area contributed by atoms with Crippen molar-refractivity contribution in [1.29, 1.82) is 0 Å². The van der Waals surface area contributed by atoms with Crippen molar-refractivity contribution < 1.29 is 4.79 Å². The summed E-state index contributed by atoms with van der Waals surface area (Å²) in [6, 6.07) is 1.68. The van der Waals surface area contributed by atoms with Crippen LogP contribution in [0.3, 0.4) is 0 Å². The molecule has 0 atom stereocenters. The zero-order valence-corrected chi connectivity index (χ0v) is 12.1. The van der Waals surface area contributed by atoms with Crippen molar-refractivity contribution in [3.8, 4) is 0 Å². The molecule has 0 aromatic carbocycles. The lowest BCUT2D eigenvalue weighted by Crippen LogP contribution is -2.06. The smallest absolute Gasteiger partial charge is 0.169 e. The second-order valence-electron chi connectivity index (χ2n) is 5.48. The Kier molecular flexibility index (Phi) is 2.69. The lowest BCUT2D eigenvalue weighted by Gasteiger charge is -2.03. The van der Waals surface area contributed by atoms with Crippen LogP contribution in [0.1, 0.15) is 38.1 Å². The van der Waals surface area contributed by atoms with Crippen molar-refractivity contribution in [2.75, 3.05) is 0 Å². The number of ketones is 1. The Labute approximate surface area is 110 Å². The molecule has 0 spiro atoms. The molecule has 1 aliphatic carbocycles. The average molecular weight is 277 g/mol. The zero-order chi connectivity index (χ0) is 12.3. The standard InChI is InChI=1S/C12H14Cl2OS/c1-11(2)9(12(11,3)4)8(15)6-5-7(13)16-10(6)14/h5,9H,1-4H3. The number of hydrogen-bond acceptors (Lipinski definition) is 2. The summed E-state index contributed by atoms with van der Waals surface area (Å²) in [6.45, 7) is 8.49. The van der Waals surface area contributed by atoms with Crippen LogP contribution >= 0.6 is 34.5 Å². The molecule has 1 aromatic heterocycles. The van der Waals surface area contributed by atoms with Gasteiger partial charge in [-0.1, -0.05) is 50.9 Å². The summed E-state index contributed by atoms with van der Waals surface area (Å²) in [4.78, 5) is 12.3. The van der Waals surface area contributed by atoms with Crippen LogP contribution in [0.5, 0.6) is 0 Å². The maximum Gasteiger partial charge on any atom is 0.169 e. The summed E-state index contributed by atoms with van der Waals surface area (Å²) in [6.07, 6.45) is 0. The minimum atomic E-state index is 0.0435. The van der Waals surface area contributed by atoms with Gasteiger partial charge in [-0.3, -0.25) is 4.79 Å². The fraction of sp³-hybridized carbons (Fsp3) is 0.583. The molecule has 1 fully saturated rings. The molecule has 16 heavy (non-hydrogen) atoms. The number of hydrogen-bond donors (Lipinski definition) is 0. The maximum atomic E-state index is 12.3. The average Bonchev–Trinajstić information content (AvgIpc) is 2.37. The summed E-state index contributed by atoms with van der Waals surface area (Å²) in [5, 5.41) is 0. The summed E-state index contributed by atoms with van der Waals surface area (Å²) in [7, 11) is 0. The van der Waals surface area contributed by atoms with E-state index in [0.29, 0.717) is 14.2 Å². The molecule has 0 N–H and O–H groups in total. The van der Waals surface area contributed by atoms with Crippen LogP contribution in [-0.4, -0.2) is 5.78 Å². The summed E-state index contributed by atoms with van der Waals surface area (Å²) in [5.41, 5.74) is 0.671. The van der Waals surface area contributed by atoms with E-state index in [1.807, 2.05) is 0 Å². The van der Waals surface area contributed by atoms with Gasteiger partial charge in [-0.2, -0.15) is 0 Å². The van der Waals surface area contributed by atoms with Crippen molar-refractivity contribution in [2.24, 2.45) is 16.7 Å². The molecular weight excluding hydrogens is 263 g/mol. The Morgan fingerprint density at radius 1 is 1.25 bits per heavy atom. The van der Waals surface area contributed by atoms with Crippen molar-refractivity contribution in [3.63, 3.8) is 0 Å². The van der Waals surface area contributed by atoms with Crippen molar-refractivity contribution in [1.82, 2.24) is 0 Å². The Bertz CT molecular complexity index is 446. The monoisotopic (exact) mass is 276 g/mol. The van der Waals surface area contributed by atoms with Crippen LogP contribution in [0.4, 0.5) is 0 Å². The van der Waals surface area contributed by atoms with Crippen LogP contribution in [0, 0.1) is 16.7 Å². The van der Waals surface area contributed by atoms with Gasteiger partial charge in [0, 0.05) is 11.5 Å². The van der Waals surface area contributed by atoms with E-state index in [4.69, 9.17) is 23.2 Å². The number of Topliss-reactive ketones (excluding diaryl/α,β-unsaturated/α-hetero) is 1. The van der Waals surface area contributed by atoms with Crippen LogP contribution in [0.2, 0.25) is 8.67 Å². The molecule has 88 valence electrons. The molecular formula is C12H14Cl2OS. The van der Waals surface area contributed by atoms with Crippen LogP contribution in [-0.2, 0) is 0 Å². The molecule has 2 rings (SSSR count). The molecule has 1 saturated carbocycles. The fourth-order valence-electron chi connectivity index (χ4n) is 2.52. The Morgan fingerprint density at radius 3 is 2.06 bits per heavy atom. The van der Waals surface area contributed by atoms with Gasteiger partial charge in [0.15, 0.2) is 5.78 Å². The van der Waals surface area contributed by atoms with Gasteiger partial charge in [-0.05, 0) is 16.9 Å². The quantitative estimate of drug-likeness (QED) is 0.701. The highest BCUT2D eigenvalue weighted by molar-refractivity contribution is 7.20. The third kappa shape index (κ3) is 1.54. The van der Waals surface area contributed by atoms with Crippen molar-refractivity contribution >= 4 is 40.3 Å². The predicted molar refractivity (Wildman–Crippen MR) is 69.7 cm³/mol. The highest BCUT2D eigenvalue weighted by atomic mass is 35.5. The first kappa shape index (κ1) is 12.4. The van der Waals surface area contributed by atoms with Gasteiger partial charge < -0.3 is 0 Å². The van der Waals surface area contributed by atoms with E-state index in [2.05, 4.69) is 27.7 Å². The summed E-state index contributed by atoms with van der Waals surface area (Å²) >= 11 is 13.1. The van der Waals surface area contributed by atoms with Gasteiger partial charge in [0.05, 0.1) is 4.34 Å². The molecule has 4 heteroatoms. The fourth-order valence-corrected chi connectivity index (χ4v) is 3.99. The number of thiophene rings is 1. The third-order valence-electron chi connectivity index (χ3n) is 4.21. The van der Waals surface area contributed by atoms with Gasteiger partial charge in [-0.25, -0.2) is 0 Å². The lowest BCUT2D eigenvalue weighted by molar-refractivity contribution is 0.0946. The van der Waals surface area contributed by atoms with E-state index in [1.54, 1.807) is 6.07 Å². The largest absolute Gasteiger partial charge is 0.294 e. The molecule has 0 bridgehead atoms. The molecule has 0 unspecified atom stereocenters. The Morgan fingerprint density at radius 2 is 1.75 bits per heavy atom. The van der Waals surface area contributed by atoms with Gasteiger partial charge in [0.25, 0.3) is 0 Å². The molecule has 1 heterocycles.